The van der Waals surface area contributed by atoms with Gasteiger partial charge in [-0.1, -0.05) is 12.6 Å². The minimum Gasteiger partial charge on any atom is -0.458 e. The van der Waals surface area contributed by atoms with Gasteiger partial charge in [0.2, 0.25) is 6.08 Å². The van der Waals surface area contributed by atoms with Crippen LogP contribution in [0.4, 0.5) is 16.2 Å². The van der Waals surface area contributed by atoms with E-state index >= 15 is 0 Å². The normalized spacial score (nSPS) is 10.9. The first kappa shape index (κ1) is 18.1. The van der Waals surface area contributed by atoms with Crippen LogP contribution in [0.1, 0.15) is 19.4 Å². The molecule has 0 aliphatic carbocycles. The van der Waals surface area contributed by atoms with Crippen molar-refractivity contribution in [3.8, 4) is 0 Å². The molecule has 0 spiro atoms. The molecule has 1 aromatic rings. The number of nitrogens with one attached hydrogen (secondary N) is 1. The maximum absolute atomic E-state index is 11.8. The number of benzene rings is 1. The van der Waals surface area contributed by atoms with Gasteiger partial charge < -0.3 is 9.47 Å². The molecule has 122 valence electrons. The summed E-state index contributed by atoms with van der Waals surface area (Å²) in [7, 11) is 0. The van der Waals surface area contributed by atoms with Gasteiger partial charge >= 0.3 is 12.1 Å². The molecule has 7 nitrogen and oxygen atoms in total. The van der Waals surface area contributed by atoms with E-state index in [1.54, 1.807) is 26.0 Å². The van der Waals surface area contributed by atoms with Gasteiger partial charge in [0.1, 0.15) is 12.7 Å². The first-order valence-electron chi connectivity index (χ1n) is 6.82. The fraction of sp³-hybridized carbons (Fsp3) is 0.312. The SMILES string of the molecule is C=C(C)C(=O)OCC(C)OC(=O)Nc1ccc(C)c(N=C=O)c1. The van der Waals surface area contributed by atoms with Crippen molar-refractivity contribution in [2.24, 2.45) is 4.99 Å². The number of isocyanates is 1. The van der Waals surface area contributed by atoms with Gasteiger partial charge in [0, 0.05) is 11.3 Å². The Kier molecular flexibility index (Phi) is 6.70. The lowest BCUT2D eigenvalue weighted by molar-refractivity contribution is -0.141. The van der Waals surface area contributed by atoms with E-state index in [9.17, 15) is 14.4 Å². The fourth-order valence-electron chi connectivity index (χ4n) is 1.54. The highest BCUT2D eigenvalue weighted by Crippen LogP contribution is 2.22. The molecule has 1 rings (SSSR count). The number of esters is 1. The Morgan fingerprint density at radius 1 is 1.43 bits per heavy atom. The van der Waals surface area contributed by atoms with Gasteiger partial charge in [0.05, 0.1) is 5.69 Å². The standard InChI is InChI=1S/C16H18N2O5/c1-10(2)15(20)22-8-12(4)23-16(21)18-13-6-5-11(3)14(7-13)17-9-19/h5-7,12H,1,8H2,2-4H3,(H,18,21). The van der Waals surface area contributed by atoms with Crippen molar-refractivity contribution < 1.29 is 23.9 Å². The van der Waals surface area contributed by atoms with Crippen molar-refractivity contribution in [3.05, 3.63) is 35.9 Å². The van der Waals surface area contributed by atoms with Crippen molar-refractivity contribution in [2.75, 3.05) is 11.9 Å². The number of carbonyl (C=O) groups is 2. The van der Waals surface area contributed by atoms with Crippen molar-refractivity contribution in [1.82, 2.24) is 0 Å². The van der Waals surface area contributed by atoms with Gasteiger partial charge in [0.25, 0.3) is 0 Å². The molecular weight excluding hydrogens is 300 g/mol. The molecule has 0 bridgehead atoms. The summed E-state index contributed by atoms with van der Waals surface area (Å²) in [4.78, 5) is 36.9. The summed E-state index contributed by atoms with van der Waals surface area (Å²) in [5.41, 5.74) is 1.86. The molecule has 1 atom stereocenters. The number of ether oxygens (including phenoxy) is 2. The van der Waals surface area contributed by atoms with E-state index in [-0.39, 0.29) is 12.2 Å². The molecule has 1 aromatic carbocycles. The second-order valence-corrected chi connectivity index (χ2v) is 4.92. The number of carbonyl (C=O) groups excluding carboxylic acids is 3. The zero-order valence-electron chi connectivity index (χ0n) is 13.2. The molecule has 0 radical (unpaired) electrons. The summed E-state index contributed by atoms with van der Waals surface area (Å²) in [6, 6.07) is 4.86. The first-order chi connectivity index (χ1) is 10.8. The van der Waals surface area contributed by atoms with Crippen molar-refractivity contribution in [1.29, 1.82) is 0 Å². The van der Waals surface area contributed by atoms with E-state index in [4.69, 9.17) is 9.47 Å². The number of hydrogen-bond acceptors (Lipinski definition) is 6. The maximum atomic E-state index is 11.8. The predicted octanol–water partition coefficient (Wildman–Crippen LogP) is 3.02. The summed E-state index contributed by atoms with van der Waals surface area (Å²) in [5, 5.41) is 2.50. The molecule has 7 heteroatoms. The zero-order valence-corrected chi connectivity index (χ0v) is 13.2. The van der Waals surface area contributed by atoms with E-state index in [0.717, 1.165) is 5.56 Å². The van der Waals surface area contributed by atoms with Crippen LogP contribution in [0.2, 0.25) is 0 Å². The first-order valence-corrected chi connectivity index (χ1v) is 6.82. The van der Waals surface area contributed by atoms with Crippen LogP contribution in [0.15, 0.2) is 35.3 Å². The summed E-state index contributed by atoms with van der Waals surface area (Å²) in [6.45, 7) is 8.26. The Bertz CT molecular complexity index is 662. The molecule has 0 aliphatic heterocycles. The van der Waals surface area contributed by atoms with Crippen molar-refractivity contribution >= 4 is 29.5 Å². The summed E-state index contributed by atoms with van der Waals surface area (Å²) < 4.78 is 9.93. The average Bonchev–Trinajstić information content (AvgIpc) is 2.48. The molecule has 23 heavy (non-hydrogen) atoms. The minimum absolute atomic E-state index is 0.0757. The highest BCUT2D eigenvalue weighted by atomic mass is 16.6. The Morgan fingerprint density at radius 3 is 2.74 bits per heavy atom. The van der Waals surface area contributed by atoms with Crippen LogP contribution in [0.5, 0.6) is 0 Å². The largest absolute Gasteiger partial charge is 0.458 e. The second-order valence-electron chi connectivity index (χ2n) is 4.92. The van der Waals surface area contributed by atoms with Crippen LogP contribution in [0, 0.1) is 6.92 Å². The maximum Gasteiger partial charge on any atom is 0.412 e. The van der Waals surface area contributed by atoms with Gasteiger partial charge in [-0.3, -0.25) is 5.32 Å². The second kappa shape index (κ2) is 8.51. The van der Waals surface area contributed by atoms with E-state index in [0.29, 0.717) is 11.4 Å². The number of anilines is 1. The molecule has 1 amide bonds. The lowest BCUT2D eigenvalue weighted by Crippen LogP contribution is -2.25. The Balaban J connectivity index is 2.56. The number of nitrogens with zero attached hydrogens (tertiary/aromatic N) is 1. The summed E-state index contributed by atoms with van der Waals surface area (Å²) in [5.74, 6) is -0.546. The van der Waals surface area contributed by atoms with Crippen LogP contribution in [-0.4, -0.2) is 30.9 Å². The van der Waals surface area contributed by atoms with Crippen molar-refractivity contribution in [3.63, 3.8) is 0 Å². The average molecular weight is 318 g/mol. The van der Waals surface area contributed by atoms with Crippen LogP contribution < -0.4 is 5.32 Å². The molecule has 0 saturated heterocycles. The summed E-state index contributed by atoms with van der Waals surface area (Å²) >= 11 is 0. The summed E-state index contributed by atoms with van der Waals surface area (Å²) in [6.07, 6.45) is 0.107. The quantitative estimate of drug-likeness (QED) is 0.376. The Labute approximate surface area is 134 Å². The molecule has 0 saturated carbocycles. The number of rotatable bonds is 6. The lowest BCUT2D eigenvalue weighted by atomic mass is 10.2. The van der Waals surface area contributed by atoms with E-state index < -0.39 is 18.2 Å². The predicted molar refractivity (Wildman–Crippen MR) is 84.3 cm³/mol. The van der Waals surface area contributed by atoms with Crippen LogP contribution >= 0.6 is 0 Å². The van der Waals surface area contributed by atoms with Crippen molar-refractivity contribution in [2.45, 2.75) is 26.9 Å². The Hall–Kier alpha value is -2.92. The van der Waals surface area contributed by atoms with E-state index in [1.165, 1.54) is 19.1 Å². The lowest BCUT2D eigenvalue weighted by Gasteiger charge is -2.14. The third kappa shape index (κ3) is 6.15. The van der Waals surface area contributed by atoms with E-state index in [1.807, 2.05) is 0 Å². The molecule has 1 unspecified atom stereocenters. The van der Waals surface area contributed by atoms with Gasteiger partial charge in [-0.2, -0.15) is 4.99 Å². The minimum atomic E-state index is -0.714. The highest BCUT2D eigenvalue weighted by molar-refractivity contribution is 5.87. The zero-order chi connectivity index (χ0) is 17.4. The molecule has 0 fully saturated rings. The molecule has 0 heterocycles. The van der Waals surface area contributed by atoms with E-state index in [2.05, 4.69) is 16.9 Å². The Morgan fingerprint density at radius 2 is 2.13 bits per heavy atom. The number of hydrogen-bond donors (Lipinski definition) is 1. The van der Waals surface area contributed by atoms with Crippen LogP contribution in [-0.2, 0) is 19.1 Å². The molecular formula is C16H18N2O5. The number of aryl methyl sites for hydroxylation is 1. The van der Waals surface area contributed by atoms with Crippen LogP contribution in [0.3, 0.4) is 0 Å². The van der Waals surface area contributed by atoms with Gasteiger partial charge in [0.15, 0.2) is 0 Å². The van der Waals surface area contributed by atoms with Gasteiger partial charge in [-0.25, -0.2) is 14.4 Å². The number of aliphatic imine (C=N–C) groups is 1. The molecule has 1 N–H and O–H groups in total. The molecule has 0 aliphatic rings. The fourth-order valence-corrected chi connectivity index (χ4v) is 1.54. The topological polar surface area (TPSA) is 94.1 Å². The monoisotopic (exact) mass is 318 g/mol. The smallest absolute Gasteiger partial charge is 0.412 e. The molecule has 0 aromatic heterocycles. The van der Waals surface area contributed by atoms with Gasteiger partial charge in [-0.05, 0) is 38.5 Å². The highest BCUT2D eigenvalue weighted by Gasteiger charge is 2.13. The third-order valence-corrected chi connectivity index (χ3v) is 2.73. The number of amides is 1. The van der Waals surface area contributed by atoms with Gasteiger partial charge in [-0.15, -0.1) is 0 Å². The van der Waals surface area contributed by atoms with Crippen LogP contribution in [0.25, 0.3) is 0 Å². The third-order valence-electron chi connectivity index (χ3n) is 2.73.